The number of carbonyl (C=O) groups excluding carboxylic acids is 1. The van der Waals surface area contributed by atoms with E-state index in [0.29, 0.717) is 6.42 Å². The minimum atomic E-state index is -1.58. The lowest BCUT2D eigenvalue weighted by Gasteiger charge is -2.40. The molecule has 0 aliphatic carbocycles. The van der Waals surface area contributed by atoms with Crippen LogP contribution in [0.1, 0.15) is 239 Å². The van der Waals surface area contributed by atoms with Crippen molar-refractivity contribution in [3.63, 3.8) is 0 Å². The number of unbranched alkanes of at least 4 members (excludes halogenated alkanes) is 26. The third kappa shape index (κ3) is 39.0. The van der Waals surface area contributed by atoms with Crippen molar-refractivity contribution < 1.29 is 39.8 Å². The second kappa shape index (κ2) is 49.9. The molecule has 1 amide bonds. The van der Waals surface area contributed by atoms with Crippen LogP contribution in [0.5, 0.6) is 0 Å². The first-order valence-corrected chi connectivity index (χ1v) is 28.8. The van der Waals surface area contributed by atoms with E-state index in [-0.39, 0.29) is 12.5 Å². The Balaban J connectivity index is 2.27. The first kappa shape index (κ1) is 65.4. The number of carbonyl (C=O) groups is 1. The van der Waals surface area contributed by atoms with Crippen molar-refractivity contribution in [3.8, 4) is 0 Å². The standard InChI is InChI=1S/C61H107NO8/c1-3-5-7-9-11-13-15-17-19-21-23-25-27-28-29-31-33-35-37-39-41-43-45-47-49-51-57(65)62-54(53-69-61-60(68)59(67)58(66)56(52-63)70-61)55(64)50-48-46-44-42-40-38-36-34-32-30-26-24-22-20-18-16-14-12-10-8-6-4-2/h5,7,11,13,17,19,23,25,32,34,40,42,48,50,54-56,58-61,63-64,66-68H,3-4,6,8-10,12,14-16,18,20-22,24,26-31,33,35-39,41,43-47,49,51-53H2,1-2H3,(H,62,65)/b7-5-,13-11-,19-17-,25-23-,34-32+,42-40+,50-48+. The summed E-state index contributed by atoms with van der Waals surface area (Å²) in [6.45, 7) is 3.65. The molecule has 0 spiro atoms. The molecular weight excluding hydrogens is 875 g/mol. The number of aliphatic hydroxyl groups is 5. The topological polar surface area (TPSA) is 149 Å². The van der Waals surface area contributed by atoms with Crippen molar-refractivity contribution >= 4 is 5.91 Å². The maximum absolute atomic E-state index is 13.1. The maximum Gasteiger partial charge on any atom is 0.220 e. The fourth-order valence-corrected chi connectivity index (χ4v) is 8.65. The second-order valence-electron chi connectivity index (χ2n) is 19.7. The molecule has 9 heteroatoms. The van der Waals surface area contributed by atoms with Crippen molar-refractivity contribution in [2.75, 3.05) is 13.2 Å². The lowest BCUT2D eigenvalue weighted by atomic mass is 9.99. The van der Waals surface area contributed by atoms with Gasteiger partial charge in [0.05, 0.1) is 25.4 Å². The highest BCUT2D eigenvalue weighted by Gasteiger charge is 2.44. The molecule has 1 aliphatic rings. The second-order valence-corrected chi connectivity index (χ2v) is 19.7. The highest BCUT2D eigenvalue weighted by atomic mass is 16.7. The molecule has 1 fully saturated rings. The summed E-state index contributed by atoms with van der Waals surface area (Å²) in [7, 11) is 0. The van der Waals surface area contributed by atoms with Gasteiger partial charge in [-0.1, -0.05) is 234 Å². The SMILES string of the molecule is CC/C=C\C/C=C\C/C=C\C/C=C\CCCCCCCCCCCCCCC(=O)NC(COC1OC(CO)C(O)C(O)C1O)C(O)/C=C/CC/C=C/CC/C=C/CCCCCCCCCCCCCC. The molecule has 0 saturated carbocycles. The van der Waals surface area contributed by atoms with E-state index in [1.165, 1.54) is 148 Å². The van der Waals surface area contributed by atoms with Gasteiger partial charge in [0.15, 0.2) is 6.29 Å². The van der Waals surface area contributed by atoms with Crippen LogP contribution in [0.25, 0.3) is 0 Å². The van der Waals surface area contributed by atoms with E-state index in [4.69, 9.17) is 9.47 Å². The third-order valence-electron chi connectivity index (χ3n) is 13.2. The Bertz CT molecular complexity index is 1370. The van der Waals surface area contributed by atoms with Gasteiger partial charge in [0.2, 0.25) is 5.91 Å². The highest BCUT2D eigenvalue weighted by Crippen LogP contribution is 2.23. The van der Waals surface area contributed by atoms with Crippen molar-refractivity contribution in [1.29, 1.82) is 0 Å². The summed E-state index contributed by atoms with van der Waals surface area (Å²) in [5, 5.41) is 54.5. The summed E-state index contributed by atoms with van der Waals surface area (Å²) in [6, 6.07) is -0.834. The zero-order chi connectivity index (χ0) is 50.8. The molecule has 0 aromatic heterocycles. The van der Waals surface area contributed by atoms with Crippen molar-refractivity contribution in [2.24, 2.45) is 0 Å². The average Bonchev–Trinajstić information content (AvgIpc) is 3.36. The maximum atomic E-state index is 13.1. The predicted molar refractivity (Wildman–Crippen MR) is 295 cm³/mol. The molecule has 1 heterocycles. The van der Waals surface area contributed by atoms with Gasteiger partial charge in [-0.15, -0.1) is 0 Å². The molecule has 0 bridgehead atoms. The van der Waals surface area contributed by atoms with Crippen LogP contribution in [-0.2, 0) is 14.3 Å². The minimum absolute atomic E-state index is 0.195. The fourth-order valence-electron chi connectivity index (χ4n) is 8.65. The number of allylic oxidation sites excluding steroid dienone is 13. The van der Waals surface area contributed by atoms with Crippen LogP contribution in [0.15, 0.2) is 85.1 Å². The van der Waals surface area contributed by atoms with Crippen LogP contribution in [0.3, 0.4) is 0 Å². The molecule has 0 aromatic rings. The number of rotatable bonds is 48. The fraction of sp³-hybridized carbons (Fsp3) is 0.754. The molecule has 70 heavy (non-hydrogen) atoms. The van der Waals surface area contributed by atoms with Crippen LogP contribution in [0, 0.1) is 0 Å². The molecule has 7 unspecified atom stereocenters. The Kier molecular flexibility index (Phi) is 46.6. The largest absolute Gasteiger partial charge is 0.394 e. The number of aliphatic hydroxyl groups excluding tert-OH is 5. The van der Waals surface area contributed by atoms with Gasteiger partial charge < -0.3 is 40.3 Å². The minimum Gasteiger partial charge on any atom is -0.394 e. The number of hydrogen-bond donors (Lipinski definition) is 6. The van der Waals surface area contributed by atoms with Gasteiger partial charge in [-0.2, -0.15) is 0 Å². The summed E-state index contributed by atoms with van der Waals surface area (Å²) >= 11 is 0. The van der Waals surface area contributed by atoms with E-state index < -0.39 is 49.5 Å². The van der Waals surface area contributed by atoms with Crippen LogP contribution in [0.2, 0.25) is 0 Å². The first-order chi connectivity index (χ1) is 34.3. The van der Waals surface area contributed by atoms with Gasteiger partial charge in [0, 0.05) is 6.42 Å². The average molecular weight is 983 g/mol. The van der Waals surface area contributed by atoms with Gasteiger partial charge in [-0.3, -0.25) is 4.79 Å². The van der Waals surface area contributed by atoms with Crippen molar-refractivity contribution in [1.82, 2.24) is 5.32 Å². The first-order valence-electron chi connectivity index (χ1n) is 28.8. The molecule has 9 nitrogen and oxygen atoms in total. The zero-order valence-electron chi connectivity index (χ0n) is 44.7. The number of hydrogen-bond acceptors (Lipinski definition) is 8. The summed E-state index contributed by atoms with van der Waals surface area (Å²) < 4.78 is 11.3. The van der Waals surface area contributed by atoms with Gasteiger partial charge in [0.25, 0.3) is 0 Å². The highest BCUT2D eigenvalue weighted by molar-refractivity contribution is 5.76. The summed E-state index contributed by atoms with van der Waals surface area (Å²) in [4.78, 5) is 13.1. The van der Waals surface area contributed by atoms with E-state index in [2.05, 4.69) is 92.1 Å². The van der Waals surface area contributed by atoms with Crippen LogP contribution in [-0.4, -0.2) is 87.5 Å². The molecule has 0 aromatic carbocycles. The predicted octanol–water partition coefficient (Wildman–Crippen LogP) is 14.2. The number of ether oxygens (including phenoxy) is 2. The summed E-state index contributed by atoms with van der Waals surface area (Å²) in [5.41, 5.74) is 0. The Morgan fingerprint density at radius 2 is 0.900 bits per heavy atom. The molecule has 404 valence electrons. The smallest absolute Gasteiger partial charge is 0.220 e. The summed E-state index contributed by atoms with van der Waals surface area (Å²) in [6.07, 6.45) is 63.6. The molecule has 6 N–H and O–H groups in total. The third-order valence-corrected chi connectivity index (χ3v) is 13.2. The number of amides is 1. The molecule has 1 saturated heterocycles. The monoisotopic (exact) mass is 982 g/mol. The van der Waals surface area contributed by atoms with E-state index in [1.807, 2.05) is 6.08 Å². The lowest BCUT2D eigenvalue weighted by Crippen LogP contribution is -2.60. The molecule has 7 atom stereocenters. The van der Waals surface area contributed by atoms with E-state index >= 15 is 0 Å². The Hall–Kier alpha value is -2.63. The summed E-state index contributed by atoms with van der Waals surface area (Å²) in [5.74, 6) is -0.195. The van der Waals surface area contributed by atoms with E-state index in [0.717, 1.165) is 70.6 Å². The van der Waals surface area contributed by atoms with Crippen LogP contribution in [0.4, 0.5) is 0 Å². The van der Waals surface area contributed by atoms with Crippen molar-refractivity contribution in [3.05, 3.63) is 85.1 Å². The van der Waals surface area contributed by atoms with E-state index in [9.17, 15) is 30.3 Å². The molecule has 0 radical (unpaired) electrons. The Morgan fingerprint density at radius 1 is 0.500 bits per heavy atom. The molecular formula is C61H107NO8. The quantitative estimate of drug-likeness (QED) is 0.0261. The number of nitrogens with one attached hydrogen (secondary N) is 1. The van der Waals surface area contributed by atoms with Gasteiger partial charge in [0.1, 0.15) is 24.4 Å². The molecule has 1 aliphatic heterocycles. The zero-order valence-corrected chi connectivity index (χ0v) is 44.7. The van der Waals surface area contributed by atoms with Crippen molar-refractivity contribution in [2.45, 2.75) is 281 Å². The van der Waals surface area contributed by atoms with Gasteiger partial charge in [-0.05, 0) is 83.5 Å². The Morgan fingerprint density at radius 3 is 1.37 bits per heavy atom. The van der Waals surface area contributed by atoms with E-state index in [1.54, 1.807) is 6.08 Å². The molecule has 1 rings (SSSR count). The lowest BCUT2D eigenvalue weighted by molar-refractivity contribution is -0.302. The van der Waals surface area contributed by atoms with Gasteiger partial charge in [-0.25, -0.2) is 0 Å². The Labute approximate surface area is 429 Å². The van der Waals surface area contributed by atoms with Gasteiger partial charge >= 0.3 is 0 Å². The van der Waals surface area contributed by atoms with Crippen LogP contribution >= 0.6 is 0 Å². The normalized spacial score (nSPS) is 20.0. The van der Waals surface area contributed by atoms with Crippen LogP contribution < -0.4 is 5.32 Å².